The number of benzene rings is 1. The number of likely N-dealkylation sites (tertiary alicyclic amines) is 1. The van der Waals surface area contributed by atoms with Gasteiger partial charge >= 0.3 is 0 Å². The van der Waals surface area contributed by atoms with Crippen LogP contribution in [0.2, 0.25) is 5.02 Å². The van der Waals surface area contributed by atoms with Crippen molar-refractivity contribution in [1.82, 2.24) is 4.90 Å². The summed E-state index contributed by atoms with van der Waals surface area (Å²) >= 11 is 5.83. The molecular weight excluding hydrogens is 230 g/mol. The molecule has 0 atom stereocenters. The summed E-state index contributed by atoms with van der Waals surface area (Å²) in [5, 5.41) is 11.3. The quantitative estimate of drug-likeness (QED) is 0.641. The van der Waals surface area contributed by atoms with Gasteiger partial charge in [0, 0.05) is 42.3 Å². The highest BCUT2D eigenvalue weighted by atomic mass is 35.5. The molecule has 5 nitrogen and oxygen atoms in total. The van der Waals surface area contributed by atoms with Crippen LogP contribution in [0, 0.1) is 10.1 Å². The molecule has 0 spiro atoms. The SMILES string of the molecule is NC1CN(Cc2cc(Cl)ccc2[N+](=O)[O-])C1. The Morgan fingerprint density at radius 1 is 1.56 bits per heavy atom. The fourth-order valence-corrected chi connectivity index (χ4v) is 2.03. The molecule has 1 fully saturated rings. The van der Waals surface area contributed by atoms with Crippen molar-refractivity contribution >= 4 is 17.3 Å². The summed E-state index contributed by atoms with van der Waals surface area (Å²) in [5.74, 6) is 0. The van der Waals surface area contributed by atoms with Crippen molar-refractivity contribution in [2.45, 2.75) is 12.6 Å². The molecule has 2 rings (SSSR count). The molecule has 1 aromatic carbocycles. The summed E-state index contributed by atoms with van der Waals surface area (Å²) in [5.41, 5.74) is 6.41. The average Bonchev–Trinajstić information content (AvgIpc) is 2.15. The zero-order valence-electron chi connectivity index (χ0n) is 8.60. The molecule has 0 radical (unpaired) electrons. The molecule has 2 N–H and O–H groups in total. The van der Waals surface area contributed by atoms with E-state index in [-0.39, 0.29) is 16.7 Å². The Bertz CT molecular complexity index is 419. The van der Waals surface area contributed by atoms with Crippen LogP contribution in [-0.4, -0.2) is 29.0 Å². The number of nitro groups is 1. The summed E-state index contributed by atoms with van der Waals surface area (Å²) in [6.07, 6.45) is 0. The molecule has 1 saturated heterocycles. The van der Waals surface area contributed by atoms with E-state index in [1.807, 2.05) is 0 Å². The molecule has 0 aromatic heterocycles. The third kappa shape index (κ3) is 2.32. The van der Waals surface area contributed by atoms with Crippen molar-refractivity contribution in [3.05, 3.63) is 38.9 Å². The zero-order chi connectivity index (χ0) is 11.7. The Labute approximate surface area is 97.9 Å². The Kier molecular flexibility index (Phi) is 3.09. The molecule has 0 saturated carbocycles. The summed E-state index contributed by atoms with van der Waals surface area (Å²) in [6, 6.07) is 4.81. The minimum Gasteiger partial charge on any atom is -0.325 e. The lowest BCUT2D eigenvalue weighted by atomic mass is 10.1. The van der Waals surface area contributed by atoms with Gasteiger partial charge in [0.05, 0.1) is 4.92 Å². The molecule has 1 aromatic rings. The van der Waals surface area contributed by atoms with Crippen LogP contribution in [0.15, 0.2) is 18.2 Å². The maximum absolute atomic E-state index is 10.8. The summed E-state index contributed by atoms with van der Waals surface area (Å²) in [7, 11) is 0. The first-order valence-electron chi connectivity index (χ1n) is 4.97. The minimum absolute atomic E-state index is 0.116. The normalized spacial score (nSPS) is 17.1. The monoisotopic (exact) mass is 241 g/mol. The largest absolute Gasteiger partial charge is 0.325 e. The van der Waals surface area contributed by atoms with Gasteiger partial charge in [-0.25, -0.2) is 0 Å². The highest BCUT2D eigenvalue weighted by molar-refractivity contribution is 6.30. The van der Waals surface area contributed by atoms with Gasteiger partial charge in [-0.15, -0.1) is 0 Å². The Balaban J connectivity index is 2.17. The molecule has 0 amide bonds. The molecule has 1 aliphatic heterocycles. The average molecular weight is 242 g/mol. The lowest BCUT2D eigenvalue weighted by Gasteiger charge is -2.36. The fourth-order valence-electron chi connectivity index (χ4n) is 1.84. The van der Waals surface area contributed by atoms with E-state index in [0.29, 0.717) is 17.1 Å². The summed E-state index contributed by atoms with van der Waals surface area (Å²) < 4.78 is 0. The van der Waals surface area contributed by atoms with Crippen LogP contribution in [0.25, 0.3) is 0 Å². The van der Waals surface area contributed by atoms with Gasteiger partial charge in [-0.1, -0.05) is 11.6 Å². The van der Waals surface area contributed by atoms with Crippen molar-refractivity contribution in [1.29, 1.82) is 0 Å². The van der Waals surface area contributed by atoms with E-state index in [1.54, 1.807) is 6.07 Å². The van der Waals surface area contributed by atoms with E-state index in [9.17, 15) is 10.1 Å². The van der Waals surface area contributed by atoms with Gasteiger partial charge in [-0.3, -0.25) is 15.0 Å². The van der Waals surface area contributed by atoms with Gasteiger partial charge in [-0.05, 0) is 12.1 Å². The molecule has 0 unspecified atom stereocenters. The number of nitrogens with zero attached hydrogens (tertiary/aromatic N) is 2. The molecule has 6 heteroatoms. The van der Waals surface area contributed by atoms with Crippen molar-refractivity contribution < 1.29 is 4.92 Å². The van der Waals surface area contributed by atoms with Crippen LogP contribution in [0.4, 0.5) is 5.69 Å². The highest BCUT2D eigenvalue weighted by Gasteiger charge is 2.25. The number of nitro benzene ring substituents is 1. The van der Waals surface area contributed by atoms with Gasteiger partial charge in [0.1, 0.15) is 0 Å². The number of nitrogens with two attached hydrogens (primary N) is 1. The number of hydrogen-bond donors (Lipinski definition) is 1. The van der Waals surface area contributed by atoms with E-state index in [0.717, 1.165) is 13.1 Å². The molecule has 0 aliphatic carbocycles. The Hall–Kier alpha value is -1.17. The standard InChI is InChI=1S/C10H12ClN3O2/c11-8-1-2-10(14(15)16)7(3-8)4-13-5-9(12)6-13/h1-3,9H,4-6,12H2. The predicted molar refractivity (Wildman–Crippen MR) is 61.4 cm³/mol. The van der Waals surface area contributed by atoms with Crippen LogP contribution < -0.4 is 5.73 Å². The molecule has 1 heterocycles. The maximum Gasteiger partial charge on any atom is 0.273 e. The first kappa shape index (κ1) is 11.3. The van der Waals surface area contributed by atoms with Crippen molar-refractivity contribution in [3.63, 3.8) is 0 Å². The lowest BCUT2D eigenvalue weighted by molar-refractivity contribution is -0.385. The van der Waals surface area contributed by atoms with Gasteiger partial charge in [0.15, 0.2) is 0 Å². The molecule has 16 heavy (non-hydrogen) atoms. The first-order valence-corrected chi connectivity index (χ1v) is 5.35. The molecular formula is C10H12ClN3O2. The van der Waals surface area contributed by atoms with Crippen LogP contribution in [0.1, 0.15) is 5.56 Å². The predicted octanol–water partition coefficient (Wildman–Crippen LogP) is 1.39. The molecule has 1 aliphatic rings. The molecule has 86 valence electrons. The summed E-state index contributed by atoms with van der Waals surface area (Å²) in [6.45, 7) is 2.10. The molecule has 0 bridgehead atoms. The summed E-state index contributed by atoms with van der Waals surface area (Å²) in [4.78, 5) is 12.5. The minimum atomic E-state index is -0.384. The van der Waals surface area contributed by atoms with Crippen molar-refractivity contribution in [3.8, 4) is 0 Å². The van der Waals surface area contributed by atoms with E-state index in [2.05, 4.69) is 4.90 Å². The van der Waals surface area contributed by atoms with Crippen LogP contribution in [-0.2, 0) is 6.54 Å². The Morgan fingerprint density at radius 2 is 2.25 bits per heavy atom. The zero-order valence-corrected chi connectivity index (χ0v) is 9.35. The maximum atomic E-state index is 10.8. The van der Waals surface area contributed by atoms with E-state index >= 15 is 0 Å². The number of hydrogen-bond acceptors (Lipinski definition) is 4. The number of rotatable bonds is 3. The Morgan fingerprint density at radius 3 is 2.81 bits per heavy atom. The topological polar surface area (TPSA) is 72.4 Å². The van der Waals surface area contributed by atoms with Crippen molar-refractivity contribution in [2.75, 3.05) is 13.1 Å². The fraction of sp³-hybridized carbons (Fsp3) is 0.400. The second-order valence-corrected chi connectivity index (χ2v) is 4.42. The third-order valence-corrected chi connectivity index (χ3v) is 2.85. The van der Waals surface area contributed by atoms with Crippen LogP contribution in [0.5, 0.6) is 0 Å². The smallest absolute Gasteiger partial charge is 0.273 e. The van der Waals surface area contributed by atoms with Crippen LogP contribution in [0.3, 0.4) is 0 Å². The highest BCUT2D eigenvalue weighted by Crippen LogP contribution is 2.25. The van der Waals surface area contributed by atoms with E-state index in [4.69, 9.17) is 17.3 Å². The van der Waals surface area contributed by atoms with Gasteiger partial charge < -0.3 is 5.73 Å². The van der Waals surface area contributed by atoms with Crippen molar-refractivity contribution in [2.24, 2.45) is 5.73 Å². The first-order chi connectivity index (χ1) is 7.56. The van der Waals surface area contributed by atoms with Gasteiger partial charge in [0.25, 0.3) is 5.69 Å². The lowest BCUT2D eigenvalue weighted by Crippen LogP contribution is -2.54. The second-order valence-electron chi connectivity index (χ2n) is 3.98. The number of halogens is 1. The van der Waals surface area contributed by atoms with E-state index < -0.39 is 0 Å². The van der Waals surface area contributed by atoms with Crippen LogP contribution >= 0.6 is 11.6 Å². The third-order valence-electron chi connectivity index (χ3n) is 2.62. The van der Waals surface area contributed by atoms with E-state index in [1.165, 1.54) is 12.1 Å². The van der Waals surface area contributed by atoms with Gasteiger partial charge in [0.2, 0.25) is 0 Å². The second kappa shape index (κ2) is 4.37. The van der Waals surface area contributed by atoms with Gasteiger partial charge in [-0.2, -0.15) is 0 Å².